The highest BCUT2D eigenvalue weighted by atomic mass is 16.3. The predicted molar refractivity (Wildman–Crippen MR) is 205 cm³/mol. The van der Waals surface area contributed by atoms with E-state index in [4.69, 9.17) is 9.41 Å². The van der Waals surface area contributed by atoms with E-state index in [9.17, 15) is 0 Å². The molecule has 5 heteroatoms. The fraction of sp³-hybridized carbons (Fsp3) is 0.0444. The van der Waals surface area contributed by atoms with Crippen LogP contribution in [0.2, 0.25) is 0 Å². The smallest absolute Gasteiger partial charge is 0.137 e. The summed E-state index contributed by atoms with van der Waals surface area (Å²) < 4.78 is 8.99. The third kappa shape index (κ3) is 4.71. The van der Waals surface area contributed by atoms with Crippen LogP contribution in [0.5, 0.6) is 0 Å². The van der Waals surface area contributed by atoms with Gasteiger partial charge in [0, 0.05) is 27.4 Å². The molecule has 0 radical (unpaired) electrons. The fourth-order valence-electron chi connectivity index (χ4n) is 7.52. The van der Waals surface area contributed by atoms with Crippen molar-refractivity contribution in [2.24, 2.45) is 4.99 Å². The van der Waals surface area contributed by atoms with Gasteiger partial charge in [-0.25, -0.2) is 4.99 Å². The van der Waals surface area contributed by atoms with Gasteiger partial charge in [0.25, 0.3) is 0 Å². The maximum Gasteiger partial charge on any atom is 0.137 e. The Kier molecular flexibility index (Phi) is 6.64. The second kappa shape index (κ2) is 11.6. The molecule has 9 aromatic rings. The Labute approximate surface area is 289 Å². The minimum atomic E-state index is -0.279. The lowest BCUT2D eigenvalue weighted by Gasteiger charge is -2.32. The Morgan fingerprint density at radius 1 is 0.520 bits per heavy atom. The van der Waals surface area contributed by atoms with Crippen LogP contribution >= 0.6 is 0 Å². The van der Waals surface area contributed by atoms with Gasteiger partial charge in [0.15, 0.2) is 0 Å². The number of benzene rings is 7. The third-order valence-electron chi connectivity index (χ3n) is 9.86. The minimum absolute atomic E-state index is 0.114. The molecule has 1 aliphatic heterocycles. The van der Waals surface area contributed by atoms with Crippen LogP contribution in [0.3, 0.4) is 0 Å². The molecule has 50 heavy (non-hydrogen) atoms. The van der Waals surface area contributed by atoms with Crippen LogP contribution in [0, 0.1) is 0 Å². The zero-order valence-electron chi connectivity index (χ0n) is 27.1. The van der Waals surface area contributed by atoms with Gasteiger partial charge in [-0.05, 0) is 64.7 Å². The van der Waals surface area contributed by atoms with Gasteiger partial charge in [0.05, 0.1) is 16.4 Å². The summed E-state index contributed by atoms with van der Waals surface area (Å²) in [7, 11) is 0. The molecule has 2 N–H and O–H groups in total. The summed E-state index contributed by atoms with van der Waals surface area (Å²) in [5.74, 6) is 0.862. The molecule has 1 aliphatic rings. The molecule has 0 fully saturated rings. The molecule has 3 heterocycles. The SMILES string of the molecule is c1ccc(C2=NC(c3ccc4oc5ccc6c7ccccc7n(-c7cccc(-c8ccccc8)c7)c6c5c4c3)NC(c3ccccc3)N2)cc1. The van der Waals surface area contributed by atoms with Crippen LogP contribution in [0.4, 0.5) is 0 Å². The number of aliphatic imine (C=N–C) groups is 1. The summed E-state index contributed by atoms with van der Waals surface area (Å²) in [4.78, 5) is 5.23. The number of aromatic nitrogens is 1. The number of rotatable bonds is 5. The van der Waals surface area contributed by atoms with Crippen molar-refractivity contribution in [3.8, 4) is 16.8 Å². The van der Waals surface area contributed by atoms with E-state index >= 15 is 0 Å². The van der Waals surface area contributed by atoms with Gasteiger partial charge >= 0.3 is 0 Å². The average Bonchev–Trinajstić information content (AvgIpc) is 3.74. The van der Waals surface area contributed by atoms with E-state index in [0.29, 0.717) is 0 Å². The summed E-state index contributed by atoms with van der Waals surface area (Å²) in [6.07, 6.45) is -0.393. The molecule has 2 atom stereocenters. The van der Waals surface area contributed by atoms with Crippen LogP contribution in [-0.2, 0) is 0 Å². The summed E-state index contributed by atoms with van der Waals surface area (Å²) >= 11 is 0. The number of amidine groups is 1. The minimum Gasteiger partial charge on any atom is -0.456 e. The third-order valence-corrected chi connectivity index (χ3v) is 9.86. The first-order valence-electron chi connectivity index (χ1n) is 17.0. The number of nitrogens with zero attached hydrogens (tertiary/aromatic N) is 2. The van der Waals surface area contributed by atoms with Crippen molar-refractivity contribution in [3.05, 3.63) is 187 Å². The van der Waals surface area contributed by atoms with Crippen molar-refractivity contribution in [1.29, 1.82) is 0 Å². The van der Waals surface area contributed by atoms with Crippen LogP contribution in [0.15, 0.2) is 179 Å². The van der Waals surface area contributed by atoms with Crippen molar-refractivity contribution in [1.82, 2.24) is 15.2 Å². The zero-order chi connectivity index (χ0) is 33.0. The molecule has 238 valence electrons. The van der Waals surface area contributed by atoms with E-state index in [-0.39, 0.29) is 12.3 Å². The highest BCUT2D eigenvalue weighted by Gasteiger charge is 2.26. The molecule has 0 bridgehead atoms. The lowest BCUT2D eigenvalue weighted by atomic mass is 10.0. The molecular weight excluding hydrogens is 613 g/mol. The van der Waals surface area contributed by atoms with E-state index in [0.717, 1.165) is 61.2 Å². The van der Waals surface area contributed by atoms with Gasteiger partial charge in [0.1, 0.15) is 29.3 Å². The van der Waals surface area contributed by atoms with Crippen molar-refractivity contribution in [2.75, 3.05) is 0 Å². The molecule has 0 saturated carbocycles. The van der Waals surface area contributed by atoms with Crippen molar-refractivity contribution in [2.45, 2.75) is 12.3 Å². The summed E-state index contributed by atoms with van der Waals surface area (Å²) in [5, 5.41) is 12.0. The monoisotopic (exact) mass is 644 g/mol. The normalized spacial score (nSPS) is 16.2. The van der Waals surface area contributed by atoms with E-state index in [1.165, 1.54) is 21.9 Å². The second-order valence-electron chi connectivity index (χ2n) is 12.9. The van der Waals surface area contributed by atoms with E-state index < -0.39 is 0 Å². The molecule has 10 rings (SSSR count). The van der Waals surface area contributed by atoms with E-state index in [2.05, 4.69) is 173 Å². The Balaban J connectivity index is 1.19. The number of hydrogen-bond acceptors (Lipinski definition) is 4. The molecule has 0 amide bonds. The molecule has 2 unspecified atom stereocenters. The number of furan rings is 1. The zero-order valence-corrected chi connectivity index (χ0v) is 27.1. The molecule has 0 aliphatic carbocycles. The molecule has 0 saturated heterocycles. The maximum atomic E-state index is 6.58. The maximum absolute atomic E-state index is 6.58. The van der Waals surface area contributed by atoms with Gasteiger partial charge in [-0.3, -0.25) is 5.32 Å². The molecular formula is C45H32N4O. The Morgan fingerprint density at radius 2 is 1.22 bits per heavy atom. The molecule has 5 nitrogen and oxygen atoms in total. The van der Waals surface area contributed by atoms with E-state index in [1.807, 2.05) is 12.1 Å². The molecule has 0 spiro atoms. The summed E-state index contributed by atoms with van der Waals surface area (Å²) in [6.45, 7) is 0. The number of para-hydroxylation sites is 1. The second-order valence-corrected chi connectivity index (χ2v) is 12.9. The van der Waals surface area contributed by atoms with Crippen LogP contribution < -0.4 is 10.6 Å². The highest BCUT2D eigenvalue weighted by molar-refractivity contribution is 6.24. The average molecular weight is 645 g/mol. The van der Waals surface area contributed by atoms with Crippen LogP contribution in [0.25, 0.3) is 60.6 Å². The first-order valence-corrected chi connectivity index (χ1v) is 17.0. The Morgan fingerprint density at radius 3 is 2.04 bits per heavy atom. The molecule has 2 aromatic heterocycles. The van der Waals surface area contributed by atoms with Crippen LogP contribution in [0.1, 0.15) is 29.0 Å². The Hall–Kier alpha value is -6.43. The number of nitrogens with one attached hydrogen (secondary N) is 2. The molecule has 7 aromatic carbocycles. The number of hydrogen-bond donors (Lipinski definition) is 2. The summed E-state index contributed by atoms with van der Waals surface area (Å²) in [6, 6.07) is 59.7. The van der Waals surface area contributed by atoms with Gasteiger partial charge in [0.2, 0.25) is 0 Å². The van der Waals surface area contributed by atoms with Crippen molar-refractivity contribution < 1.29 is 4.42 Å². The fourth-order valence-corrected chi connectivity index (χ4v) is 7.52. The predicted octanol–water partition coefficient (Wildman–Crippen LogP) is 10.7. The van der Waals surface area contributed by atoms with Gasteiger partial charge < -0.3 is 14.3 Å². The van der Waals surface area contributed by atoms with Crippen molar-refractivity contribution in [3.63, 3.8) is 0 Å². The van der Waals surface area contributed by atoms with E-state index in [1.54, 1.807) is 0 Å². The van der Waals surface area contributed by atoms with Gasteiger partial charge in [-0.2, -0.15) is 0 Å². The lowest BCUT2D eigenvalue weighted by molar-refractivity contribution is 0.409. The first-order chi connectivity index (χ1) is 24.8. The van der Waals surface area contributed by atoms with Crippen LogP contribution in [-0.4, -0.2) is 10.4 Å². The van der Waals surface area contributed by atoms with Gasteiger partial charge in [-0.1, -0.05) is 127 Å². The lowest BCUT2D eigenvalue weighted by Crippen LogP contribution is -2.44. The largest absolute Gasteiger partial charge is 0.456 e. The highest BCUT2D eigenvalue weighted by Crippen LogP contribution is 2.42. The standard InChI is InChI=1S/C45H32N4O/c1-4-13-29(14-5-1)32-19-12-20-34(27-32)49-38-22-11-10-21-35(38)36-24-26-40-41(42(36)49)37-28-33(23-25-39(37)50-40)45-47-43(30-15-6-2-7-16-30)46-44(48-45)31-17-8-3-9-18-31/h1-28,43,45,47H,(H,46,48). The van der Waals surface area contributed by atoms with Gasteiger partial charge in [-0.15, -0.1) is 0 Å². The van der Waals surface area contributed by atoms with Crippen molar-refractivity contribution >= 4 is 49.6 Å². The first kappa shape index (κ1) is 28.6. The quantitative estimate of drug-likeness (QED) is 0.196. The summed E-state index contributed by atoms with van der Waals surface area (Å²) in [5.41, 5.74) is 10.8. The number of fused-ring (bicyclic) bond motifs is 7. The Bertz CT molecular complexity index is 2710. The topological polar surface area (TPSA) is 54.5 Å².